The van der Waals surface area contributed by atoms with Gasteiger partial charge in [-0.15, -0.1) is 11.3 Å². The van der Waals surface area contributed by atoms with Gasteiger partial charge in [0.1, 0.15) is 18.2 Å². The molecule has 2 saturated heterocycles. The summed E-state index contributed by atoms with van der Waals surface area (Å²) in [5, 5.41) is 8.83. The number of amides is 4. The van der Waals surface area contributed by atoms with Crippen molar-refractivity contribution in [2.75, 3.05) is 40.4 Å². The number of carbonyl (C=O) groups is 4. The first kappa shape index (κ1) is 44.7. The number of hydrazine groups is 1. The molecule has 6 bridgehead atoms. The topological polar surface area (TPSA) is 151 Å². The number of hydrogen-bond donors (Lipinski definition) is 2. The van der Waals surface area contributed by atoms with Crippen LogP contribution in [0.1, 0.15) is 100 Å². The normalized spacial score (nSPS) is 27.5. The Kier molecular flexibility index (Phi) is 12.1. The van der Waals surface area contributed by atoms with Gasteiger partial charge in [0.25, 0.3) is 11.8 Å². The molecular weight excluding hydrogens is 853 g/mol. The zero-order chi connectivity index (χ0) is 46.0. The zero-order valence-corrected chi connectivity index (χ0v) is 39.8. The minimum Gasteiger partial charge on any atom is -0.377 e. The first-order valence-electron chi connectivity index (χ1n) is 23.9. The van der Waals surface area contributed by atoms with E-state index in [0.717, 1.165) is 89.1 Å². The van der Waals surface area contributed by atoms with E-state index in [-0.39, 0.29) is 78.0 Å². The van der Waals surface area contributed by atoms with Crippen molar-refractivity contribution < 1.29 is 28.7 Å². The predicted molar refractivity (Wildman–Crippen MR) is 252 cm³/mol. The Balaban J connectivity index is 1.00. The van der Waals surface area contributed by atoms with Crippen molar-refractivity contribution in [2.24, 2.45) is 30.2 Å². The number of carbonyl (C=O) groups excluding carboxylic acids is 4. The van der Waals surface area contributed by atoms with Crippen LogP contribution in [0.2, 0.25) is 0 Å². The maximum Gasteiger partial charge on any atom is 0.298 e. The molecule has 6 aliphatic rings. The number of aromatic nitrogens is 3. The van der Waals surface area contributed by atoms with E-state index in [1.165, 1.54) is 16.9 Å². The smallest absolute Gasteiger partial charge is 0.298 e. The van der Waals surface area contributed by atoms with Crippen molar-refractivity contribution in [3.8, 4) is 34.4 Å². The van der Waals surface area contributed by atoms with Crippen molar-refractivity contribution in [3.63, 3.8) is 0 Å². The van der Waals surface area contributed by atoms with Crippen LogP contribution in [-0.2, 0) is 42.1 Å². The molecule has 348 valence electrons. The van der Waals surface area contributed by atoms with Gasteiger partial charge in [0.15, 0.2) is 0 Å². The van der Waals surface area contributed by atoms with Gasteiger partial charge in [0, 0.05) is 98.7 Å². The summed E-state index contributed by atoms with van der Waals surface area (Å²) < 4.78 is 15.6. The summed E-state index contributed by atoms with van der Waals surface area (Å²) in [4.78, 5) is 69.9. The Bertz CT molecular complexity index is 2620. The molecule has 14 nitrogen and oxygen atoms in total. The second-order valence-corrected chi connectivity index (χ2v) is 21.1. The number of rotatable bonds is 6. The summed E-state index contributed by atoms with van der Waals surface area (Å²) in [7, 11) is 5.62. The van der Waals surface area contributed by atoms with Gasteiger partial charge in [-0.2, -0.15) is 0 Å². The number of benzene rings is 1. The summed E-state index contributed by atoms with van der Waals surface area (Å²) in [6, 6.07) is 9.02. The molecular formula is C51H62N8O6S. The van der Waals surface area contributed by atoms with Gasteiger partial charge >= 0.3 is 0 Å². The number of fused-ring (bicyclic) bond motifs is 10. The number of likely N-dealkylation sites (tertiary alicyclic amines) is 1. The average Bonchev–Trinajstić information content (AvgIpc) is 3.80. The molecule has 4 aromatic rings. The van der Waals surface area contributed by atoms with Gasteiger partial charge in [0.2, 0.25) is 11.8 Å². The molecule has 2 saturated carbocycles. The summed E-state index contributed by atoms with van der Waals surface area (Å²) in [5.74, 6) is 3.94. The van der Waals surface area contributed by atoms with Crippen LogP contribution in [0.15, 0.2) is 41.9 Å². The Hall–Kier alpha value is -5.14. The summed E-state index contributed by atoms with van der Waals surface area (Å²) in [6.07, 6.45) is 8.51. The third-order valence-corrected chi connectivity index (χ3v) is 16.4. The highest BCUT2D eigenvalue weighted by molar-refractivity contribution is 7.10. The van der Waals surface area contributed by atoms with Gasteiger partial charge in [-0.25, -0.2) is 10.4 Å². The number of nitrogens with zero attached hydrogens (tertiary/aromatic N) is 6. The molecule has 1 aromatic carbocycles. The lowest BCUT2D eigenvalue weighted by molar-refractivity contribution is -0.146. The van der Waals surface area contributed by atoms with Gasteiger partial charge in [-0.05, 0) is 92.5 Å². The Morgan fingerprint density at radius 3 is 2.71 bits per heavy atom. The number of likely N-dealkylation sites (N-methyl/N-ethyl adjacent to an activating group) is 1. The quantitative estimate of drug-likeness (QED) is 0.222. The number of ether oxygens (including phenoxy) is 2. The minimum atomic E-state index is -0.930. The van der Waals surface area contributed by atoms with E-state index in [9.17, 15) is 19.2 Å². The number of hydrogen-bond acceptors (Lipinski definition) is 10. The van der Waals surface area contributed by atoms with E-state index in [1.807, 2.05) is 17.6 Å². The molecule has 3 aliphatic heterocycles. The largest absolute Gasteiger partial charge is 0.377 e. The van der Waals surface area contributed by atoms with E-state index in [1.54, 1.807) is 35.9 Å². The molecule has 2 N–H and O–H groups in total. The van der Waals surface area contributed by atoms with Gasteiger partial charge in [-0.3, -0.25) is 29.2 Å². The lowest BCUT2D eigenvalue weighted by Gasteiger charge is -2.42. The van der Waals surface area contributed by atoms with Gasteiger partial charge in [0.05, 0.1) is 40.7 Å². The number of pyridine rings is 1. The maximum atomic E-state index is 14.9. The number of methoxy groups -OCH3 is 1. The van der Waals surface area contributed by atoms with Crippen LogP contribution in [0.3, 0.4) is 0 Å². The molecule has 3 aliphatic carbocycles. The first-order chi connectivity index (χ1) is 31.9. The fraction of sp³-hybridized carbons (Fsp3) is 0.569. The molecule has 10 rings (SSSR count). The van der Waals surface area contributed by atoms with E-state index in [2.05, 4.69) is 72.3 Å². The van der Waals surface area contributed by atoms with Gasteiger partial charge in [-0.1, -0.05) is 38.7 Å². The third-order valence-electron chi connectivity index (χ3n) is 15.5. The van der Waals surface area contributed by atoms with Crippen molar-refractivity contribution >= 4 is 45.9 Å². The minimum absolute atomic E-state index is 0.0381. The summed E-state index contributed by atoms with van der Waals surface area (Å²) in [6.45, 7) is 7.93. The van der Waals surface area contributed by atoms with Crippen molar-refractivity contribution in [1.29, 1.82) is 0 Å². The highest BCUT2D eigenvalue weighted by Gasteiger charge is 2.51. The molecule has 4 fully saturated rings. The summed E-state index contributed by atoms with van der Waals surface area (Å²) in [5.41, 5.74) is 10.5. The van der Waals surface area contributed by atoms with E-state index < -0.39 is 18.0 Å². The van der Waals surface area contributed by atoms with Crippen LogP contribution in [-0.4, -0.2) is 118 Å². The molecule has 8 atom stereocenters. The Morgan fingerprint density at radius 1 is 1.11 bits per heavy atom. The zero-order valence-electron chi connectivity index (χ0n) is 39.0. The molecule has 0 radical (unpaired) electrons. The highest BCUT2D eigenvalue weighted by atomic mass is 32.1. The second-order valence-electron chi connectivity index (χ2n) is 20.2. The number of aryl methyl sites for hydroxylation is 1. The number of thiazole rings is 1. The molecule has 3 aromatic heterocycles. The SMILES string of the molecule is CC#CC(=O)N1CC[C@H](C(=O)N(C)[C@H](C(=O)NC2Cc3nc(cs3)-c3ccc4c(c3)c3c(n4C)-c4cccnc4[C@@H](OC)C3C(C)(C)COC3CC3[C@@H]3CCCN(N3)C2=O)C2CCCC2)C1. The molecule has 15 heteroatoms. The predicted octanol–water partition coefficient (Wildman–Crippen LogP) is 6.01. The van der Waals surface area contributed by atoms with Crippen LogP contribution in [0.5, 0.6) is 0 Å². The van der Waals surface area contributed by atoms with Crippen LogP contribution in [0.4, 0.5) is 0 Å². The maximum absolute atomic E-state index is 14.9. The van der Waals surface area contributed by atoms with Crippen molar-refractivity contribution in [1.82, 2.24) is 40.1 Å². The summed E-state index contributed by atoms with van der Waals surface area (Å²) >= 11 is 1.49. The van der Waals surface area contributed by atoms with Crippen LogP contribution >= 0.6 is 11.3 Å². The van der Waals surface area contributed by atoms with Gasteiger partial charge < -0.3 is 29.2 Å². The van der Waals surface area contributed by atoms with Crippen LogP contribution in [0, 0.1) is 35.0 Å². The first-order valence-corrected chi connectivity index (χ1v) is 24.8. The average molecular weight is 915 g/mol. The highest BCUT2D eigenvalue weighted by Crippen LogP contribution is 2.57. The standard InChI is InChI=1S/C51H62N8O6S/c1-7-12-41(60)58-22-19-31(26-58)49(62)57(5)45(29-13-8-9-14-29)48(61)54-36-25-40-53-37(27-66-40)30-17-18-38-34(23-30)42-43(47(64-6)44-32(15-10-20-52-44)46(42)56(38)4)51(2,3)28-65-39-24-33(39)35-16-11-21-59(55-35)50(36)63/h10,15,17-18,20,23,27,29,31,33,35-36,39,43,45,47,55H,8-9,11,13-14,16,19,21-22,24-26,28H2,1-6H3,(H,54,61)/t31-,33?,35-,36?,39?,43?,45-,47-/m0/s1. The lowest BCUT2D eigenvalue weighted by Crippen LogP contribution is -2.61. The van der Waals surface area contributed by atoms with Crippen LogP contribution < -0.4 is 10.7 Å². The van der Waals surface area contributed by atoms with Crippen LogP contribution in [0.25, 0.3) is 33.4 Å². The van der Waals surface area contributed by atoms with E-state index >= 15 is 0 Å². The fourth-order valence-electron chi connectivity index (χ4n) is 12.1. The Labute approximate surface area is 391 Å². The molecule has 4 amide bonds. The molecule has 0 spiro atoms. The lowest BCUT2D eigenvalue weighted by atomic mass is 9.67. The van der Waals surface area contributed by atoms with E-state index in [4.69, 9.17) is 19.4 Å². The number of nitrogens with one attached hydrogen (secondary N) is 2. The monoisotopic (exact) mass is 914 g/mol. The molecule has 66 heavy (non-hydrogen) atoms. The molecule has 6 heterocycles. The third kappa shape index (κ3) is 8.01. The fourth-order valence-corrected chi connectivity index (χ4v) is 12.9. The van der Waals surface area contributed by atoms with E-state index in [0.29, 0.717) is 26.1 Å². The van der Waals surface area contributed by atoms with Crippen molar-refractivity contribution in [3.05, 3.63) is 58.2 Å². The Morgan fingerprint density at radius 2 is 1.92 bits per heavy atom. The molecule has 4 unspecified atom stereocenters. The van der Waals surface area contributed by atoms with Crippen molar-refractivity contribution in [2.45, 2.75) is 115 Å². The second kappa shape index (κ2) is 17.8.